The molecular formula is C29H41F5KN2O4S-. The van der Waals surface area contributed by atoms with E-state index in [0.29, 0.717) is 18.0 Å². The number of hydrogen-bond donors (Lipinski definition) is 0. The van der Waals surface area contributed by atoms with Crippen molar-refractivity contribution in [1.82, 2.24) is 9.97 Å². The fourth-order valence-corrected chi connectivity index (χ4v) is 3.45. The van der Waals surface area contributed by atoms with Crippen molar-refractivity contribution in [2.24, 2.45) is 5.92 Å². The zero-order valence-corrected chi connectivity index (χ0v) is 29.5. The minimum absolute atomic E-state index is 0. The number of sulfone groups is 1. The van der Waals surface area contributed by atoms with Crippen molar-refractivity contribution in [1.29, 1.82) is 0 Å². The van der Waals surface area contributed by atoms with Crippen molar-refractivity contribution in [3.63, 3.8) is 0 Å². The largest absolute Gasteiger partial charge is 1.00 e. The van der Waals surface area contributed by atoms with Crippen molar-refractivity contribution < 1.29 is 91.3 Å². The van der Waals surface area contributed by atoms with Crippen molar-refractivity contribution >= 4 is 16.1 Å². The number of hydrogen-bond acceptors (Lipinski definition) is 6. The van der Waals surface area contributed by atoms with Crippen LogP contribution in [-0.2, 0) is 14.6 Å². The van der Waals surface area contributed by atoms with E-state index in [1.54, 1.807) is 13.2 Å². The Kier molecular flexibility index (Phi) is 23.1. The number of ether oxygens (including phenoxy) is 1. The molecule has 1 aromatic heterocycles. The van der Waals surface area contributed by atoms with Gasteiger partial charge in [0.05, 0.1) is 6.10 Å². The number of alkyl halides is 2. The van der Waals surface area contributed by atoms with E-state index in [2.05, 4.69) is 16.9 Å². The minimum atomic E-state index is -2.67. The molecule has 3 rings (SSSR count). The molecule has 0 aliphatic heterocycles. The van der Waals surface area contributed by atoms with Crippen LogP contribution in [-0.4, -0.2) is 49.2 Å². The van der Waals surface area contributed by atoms with Gasteiger partial charge in [-0.1, -0.05) is 52.7 Å². The summed E-state index contributed by atoms with van der Waals surface area (Å²) in [6, 6.07) is 1.80. The van der Waals surface area contributed by atoms with Crippen LogP contribution in [0.15, 0.2) is 24.5 Å². The van der Waals surface area contributed by atoms with E-state index in [-0.39, 0.29) is 75.4 Å². The second-order valence-electron chi connectivity index (χ2n) is 9.91. The number of aromatic nitrogens is 2. The quantitative estimate of drug-likeness (QED) is 0.139. The molecule has 0 spiro atoms. The van der Waals surface area contributed by atoms with Gasteiger partial charge >= 0.3 is 51.4 Å². The SMILES string of the molecule is CC1CCCC(Oc2cc(F)c(F)c(F)c2)C1.CCCC[CH-]C(F)(F)CC.CS(C)(=O)=O.Cc1nccnc1[C-]=O.[K+]. The maximum absolute atomic E-state index is 13.0. The molecule has 2 aromatic rings. The molecule has 0 saturated heterocycles. The average Bonchev–Trinajstić information content (AvgIpc) is 2.87. The van der Waals surface area contributed by atoms with Crippen molar-refractivity contribution in [2.75, 3.05) is 12.5 Å². The molecular weight excluding hydrogens is 606 g/mol. The molecule has 1 saturated carbocycles. The molecule has 0 radical (unpaired) electrons. The molecule has 0 bridgehead atoms. The first-order valence-electron chi connectivity index (χ1n) is 13.4. The zero-order chi connectivity index (χ0) is 31.6. The summed E-state index contributed by atoms with van der Waals surface area (Å²) in [7, 11) is -2.67. The molecule has 1 fully saturated rings. The first kappa shape index (κ1) is 43.1. The van der Waals surface area contributed by atoms with E-state index in [0.717, 1.165) is 69.6 Å². The van der Waals surface area contributed by atoms with E-state index >= 15 is 0 Å². The predicted molar refractivity (Wildman–Crippen MR) is 150 cm³/mol. The first-order valence-corrected chi connectivity index (χ1v) is 15.7. The van der Waals surface area contributed by atoms with Gasteiger partial charge < -0.3 is 14.5 Å². The van der Waals surface area contributed by atoms with Crippen LogP contribution in [0.3, 0.4) is 0 Å². The van der Waals surface area contributed by atoms with Gasteiger partial charge in [0.15, 0.2) is 17.5 Å². The van der Waals surface area contributed by atoms with Gasteiger partial charge in [0.25, 0.3) is 0 Å². The Hall–Kier alpha value is -0.994. The van der Waals surface area contributed by atoms with E-state index < -0.39 is 33.2 Å². The Morgan fingerprint density at radius 2 is 1.62 bits per heavy atom. The number of halogens is 5. The first-order chi connectivity index (χ1) is 19.0. The Labute approximate surface area is 290 Å². The maximum Gasteiger partial charge on any atom is 1.00 e. The fraction of sp³-hybridized carbons (Fsp3) is 0.586. The van der Waals surface area contributed by atoms with Gasteiger partial charge in [-0.05, 0) is 37.3 Å². The molecule has 1 aliphatic carbocycles. The van der Waals surface area contributed by atoms with Crippen LogP contribution in [0.25, 0.3) is 0 Å². The third kappa shape index (κ3) is 21.7. The predicted octanol–water partition coefficient (Wildman–Crippen LogP) is 4.40. The summed E-state index contributed by atoms with van der Waals surface area (Å²) in [6.07, 6.45) is 14.4. The Morgan fingerprint density at radius 1 is 1.07 bits per heavy atom. The van der Waals surface area contributed by atoms with Gasteiger partial charge in [0.2, 0.25) is 0 Å². The molecule has 42 heavy (non-hydrogen) atoms. The number of unbranched alkanes of at least 4 members (excludes halogenated alkanes) is 2. The van der Waals surface area contributed by atoms with Gasteiger partial charge in [0.1, 0.15) is 21.5 Å². The summed E-state index contributed by atoms with van der Waals surface area (Å²) in [5, 5.41) is 0. The normalized spacial score (nSPS) is 16.2. The number of carbonyl (C=O) groups excluding carboxylic acids is 1. The van der Waals surface area contributed by atoms with E-state index in [4.69, 9.17) is 4.74 Å². The van der Waals surface area contributed by atoms with Crippen LogP contribution in [0.2, 0.25) is 0 Å². The maximum atomic E-state index is 13.0. The Bertz CT molecular complexity index is 1130. The summed E-state index contributed by atoms with van der Waals surface area (Å²) in [5.41, 5.74) is 0.907. The summed E-state index contributed by atoms with van der Waals surface area (Å²) in [6.45, 7) is 7.34. The van der Waals surface area contributed by atoms with E-state index in [1.807, 2.05) is 6.92 Å². The van der Waals surface area contributed by atoms with Crippen molar-refractivity contribution in [3.05, 3.63) is 59.8 Å². The number of aryl methyl sites for hydroxylation is 1. The smallest absolute Gasteiger partial charge is 0.490 e. The third-order valence-electron chi connectivity index (χ3n) is 5.60. The molecule has 13 heteroatoms. The molecule has 6 nitrogen and oxygen atoms in total. The third-order valence-corrected chi connectivity index (χ3v) is 5.60. The second-order valence-corrected chi connectivity index (χ2v) is 12.2. The van der Waals surface area contributed by atoms with Crippen molar-refractivity contribution in [3.8, 4) is 5.75 Å². The summed E-state index contributed by atoms with van der Waals surface area (Å²) < 4.78 is 88.3. The number of rotatable bonds is 8. The van der Waals surface area contributed by atoms with E-state index in [1.165, 1.54) is 19.3 Å². The second kappa shape index (κ2) is 22.5. The Balaban J connectivity index is 0. The summed E-state index contributed by atoms with van der Waals surface area (Å²) in [5.74, 6) is -5.76. The number of nitrogens with zero attached hydrogens (tertiary/aromatic N) is 2. The van der Waals surface area contributed by atoms with Crippen LogP contribution < -0.4 is 56.1 Å². The average molecular weight is 648 g/mol. The zero-order valence-electron chi connectivity index (χ0n) is 25.5. The van der Waals surface area contributed by atoms with Crippen molar-refractivity contribution in [2.45, 2.75) is 91.1 Å². The molecule has 0 amide bonds. The van der Waals surface area contributed by atoms with Crippen LogP contribution in [0.1, 0.15) is 83.5 Å². The fourth-order valence-electron chi connectivity index (χ4n) is 3.45. The van der Waals surface area contributed by atoms with E-state index in [9.17, 15) is 35.2 Å². The summed E-state index contributed by atoms with van der Waals surface area (Å²) >= 11 is 0. The molecule has 1 aliphatic rings. The van der Waals surface area contributed by atoms with Gasteiger partial charge in [0, 0.05) is 43.3 Å². The molecule has 0 N–H and O–H groups in total. The molecule has 2 atom stereocenters. The standard InChI is InChI=1S/C13H15F3O.C8H15F2.C6H5N2O.C2H6O2S.K/c1-8-3-2-4-9(5-8)17-10-6-11(14)13(16)12(15)7-10;1-3-5-6-7-8(9,10)4-2;1-5-6(4-9)8-3-2-7-5;1-5(2,3)4;/h6-9H,2-5H2,1H3;7H,3-6H2,1-2H3;2-3H,1H3;1-2H3;/q;2*-1;;+1. The topological polar surface area (TPSA) is 86.2 Å². The molecule has 2 unspecified atom stereocenters. The minimum Gasteiger partial charge on any atom is -0.490 e. The number of benzene rings is 1. The monoisotopic (exact) mass is 647 g/mol. The molecule has 234 valence electrons. The Morgan fingerprint density at radius 3 is 2.05 bits per heavy atom. The van der Waals surface area contributed by atoms with Gasteiger partial charge in [-0.3, -0.25) is 11.4 Å². The van der Waals surface area contributed by atoms with Crippen LogP contribution in [0.4, 0.5) is 22.0 Å². The van der Waals surface area contributed by atoms with Crippen LogP contribution in [0, 0.1) is 36.7 Å². The van der Waals surface area contributed by atoms with Gasteiger partial charge in [-0.25, -0.2) is 30.4 Å². The molecule has 1 heterocycles. The van der Waals surface area contributed by atoms with Gasteiger partial charge in [-0.2, -0.15) is 6.42 Å². The van der Waals surface area contributed by atoms with Crippen LogP contribution in [0.5, 0.6) is 5.75 Å². The summed E-state index contributed by atoms with van der Waals surface area (Å²) in [4.78, 5) is 17.5. The molecule has 1 aromatic carbocycles. The van der Waals surface area contributed by atoms with Crippen LogP contribution >= 0.6 is 0 Å². The van der Waals surface area contributed by atoms with Gasteiger partial charge in [-0.15, -0.1) is 0 Å².